The van der Waals surface area contributed by atoms with Crippen LogP contribution >= 0.6 is 15.9 Å². The lowest BCUT2D eigenvalue weighted by Crippen LogP contribution is -2.42. The highest BCUT2D eigenvalue weighted by molar-refractivity contribution is 9.10. The van der Waals surface area contributed by atoms with Crippen LogP contribution in [0.3, 0.4) is 0 Å². The topological polar surface area (TPSA) is 81.3 Å². The molecule has 27 heavy (non-hydrogen) atoms. The van der Waals surface area contributed by atoms with Crippen molar-refractivity contribution in [3.8, 4) is 0 Å². The van der Waals surface area contributed by atoms with E-state index in [-0.39, 0.29) is 34.6 Å². The monoisotopic (exact) mass is 438 g/mol. The second-order valence-corrected chi connectivity index (χ2v) is 7.55. The molecule has 1 fully saturated rings. The van der Waals surface area contributed by atoms with E-state index in [0.29, 0.717) is 6.54 Å². The van der Waals surface area contributed by atoms with Crippen molar-refractivity contribution < 1.29 is 14.1 Å². The lowest BCUT2D eigenvalue weighted by Gasteiger charge is -2.34. The molecule has 1 amide bonds. The van der Waals surface area contributed by atoms with Crippen molar-refractivity contribution in [3.05, 3.63) is 56.4 Å². The maximum atomic E-state index is 13.2. The Balaban J connectivity index is 1.78. The number of halogens is 2. The Morgan fingerprint density at radius 2 is 1.96 bits per heavy atom. The maximum Gasteiger partial charge on any atom is 0.404 e. The van der Waals surface area contributed by atoms with Gasteiger partial charge in [0, 0.05) is 12.6 Å². The smallest absolute Gasteiger partial charge is 0.358 e. The molecular formula is C18H20BrFN4O3. The van der Waals surface area contributed by atoms with E-state index in [4.69, 9.17) is 0 Å². The third-order valence-corrected chi connectivity index (χ3v) is 5.33. The van der Waals surface area contributed by atoms with E-state index >= 15 is 0 Å². The van der Waals surface area contributed by atoms with E-state index in [1.807, 2.05) is 0 Å². The molecule has 0 aliphatic heterocycles. The average Bonchev–Trinajstić information content (AvgIpc) is 3.02. The Morgan fingerprint density at radius 3 is 2.56 bits per heavy atom. The van der Waals surface area contributed by atoms with Crippen LogP contribution in [0.5, 0.6) is 0 Å². The van der Waals surface area contributed by atoms with Gasteiger partial charge in [-0.1, -0.05) is 31.4 Å². The summed E-state index contributed by atoms with van der Waals surface area (Å²) in [7, 11) is 0. The normalized spacial score (nSPS) is 14.9. The van der Waals surface area contributed by atoms with Gasteiger partial charge in [0.15, 0.2) is 0 Å². The molecular weight excluding hydrogens is 419 g/mol. The molecule has 2 aromatic rings. The number of nitro groups is 1. The van der Waals surface area contributed by atoms with Gasteiger partial charge < -0.3 is 15.0 Å². The Bertz CT molecular complexity index is 819. The Hall–Kier alpha value is -2.29. The number of carbonyl (C=O) groups is 1. The molecule has 0 atom stereocenters. The minimum absolute atomic E-state index is 0.0792. The first kappa shape index (κ1) is 19.5. The maximum absolute atomic E-state index is 13.2. The van der Waals surface area contributed by atoms with E-state index in [2.05, 4.69) is 21.0 Å². The number of aromatic nitrogens is 2. The molecule has 7 nitrogen and oxygen atoms in total. The van der Waals surface area contributed by atoms with E-state index in [1.165, 1.54) is 23.0 Å². The number of nitrogens with zero attached hydrogens (tertiary/aromatic N) is 4. The fourth-order valence-corrected chi connectivity index (χ4v) is 3.88. The van der Waals surface area contributed by atoms with Crippen LogP contribution in [-0.4, -0.2) is 31.6 Å². The summed E-state index contributed by atoms with van der Waals surface area (Å²) >= 11 is 3.10. The third-order valence-electron chi connectivity index (χ3n) is 4.77. The van der Waals surface area contributed by atoms with Gasteiger partial charge in [0.25, 0.3) is 0 Å². The summed E-state index contributed by atoms with van der Waals surface area (Å²) in [5, 5.41) is 14.8. The van der Waals surface area contributed by atoms with E-state index in [0.717, 1.165) is 37.7 Å². The van der Waals surface area contributed by atoms with Gasteiger partial charge in [0.1, 0.15) is 16.8 Å². The molecule has 1 heterocycles. The SMILES string of the molecule is O=C(Cn1cc(Br)c([N+](=O)[O-])n1)N(Cc1ccc(F)cc1)C1CCCCC1. The van der Waals surface area contributed by atoms with Gasteiger partial charge in [-0.3, -0.25) is 4.79 Å². The van der Waals surface area contributed by atoms with Gasteiger partial charge >= 0.3 is 5.82 Å². The standard InChI is InChI=1S/C18H20BrFN4O3/c19-16-11-22(21-18(16)24(26)27)12-17(25)23(15-4-2-1-3-5-15)10-13-6-8-14(20)9-7-13/h6-9,11,15H,1-5,10,12H2. The van der Waals surface area contributed by atoms with Crippen molar-refractivity contribution in [2.45, 2.75) is 51.2 Å². The summed E-state index contributed by atoms with van der Waals surface area (Å²) in [6.45, 7) is 0.304. The van der Waals surface area contributed by atoms with Crippen LogP contribution in [0.1, 0.15) is 37.7 Å². The predicted molar refractivity (Wildman–Crippen MR) is 100 cm³/mol. The quantitative estimate of drug-likeness (QED) is 0.502. The van der Waals surface area contributed by atoms with Gasteiger partial charge in [-0.25, -0.2) is 4.39 Å². The van der Waals surface area contributed by atoms with Crippen LogP contribution in [0.2, 0.25) is 0 Å². The number of benzene rings is 1. The van der Waals surface area contributed by atoms with Crippen LogP contribution < -0.4 is 0 Å². The van der Waals surface area contributed by atoms with Crippen molar-refractivity contribution >= 4 is 27.7 Å². The highest BCUT2D eigenvalue weighted by Gasteiger charge is 2.28. The van der Waals surface area contributed by atoms with Crippen LogP contribution in [0, 0.1) is 15.9 Å². The molecule has 1 aliphatic carbocycles. The summed E-state index contributed by atoms with van der Waals surface area (Å²) in [6, 6.07) is 6.23. The molecule has 0 spiro atoms. The van der Waals surface area contributed by atoms with Crippen LogP contribution in [-0.2, 0) is 17.9 Å². The molecule has 0 N–H and O–H groups in total. The zero-order valence-corrected chi connectivity index (χ0v) is 16.3. The van der Waals surface area contributed by atoms with Crippen molar-refractivity contribution in [2.24, 2.45) is 0 Å². The van der Waals surface area contributed by atoms with Crippen molar-refractivity contribution in [1.29, 1.82) is 0 Å². The van der Waals surface area contributed by atoms with Crippen molar-refractivity contribution in [1.82, 2.24) is 14.7 Å². The first-order valence-corrected chi connectivity index (χ1v) is 9.64. The number of hydrogen-bond donors (Lipinski definition) is 0. The molecule has 1 saturated carbocycles. The van der Waals surface area contributed by atoms with Crippen LogP contribution in [0.15, 0.2) is 34.9 Å². The summed E-state index contributed by atoms with van der Waals surface area (Å²) in [6.07, 6.45) is 6.58. The second kappa shape index (κ2) is 8.60. The van der Waals surface area contributed by atoms with Crippen LogP contribution in [0.25, 0.3) is 0 Å². The Labute approximate surface area is 164 Å². The molecule has 0 unspecified atom stereocenters. The average molecular weight is 439 g/mol. The largest absolute Gasteiger partial charge is 0.404 e. The fourth-order valence-electron chi connectivity index (χ4n) is 3.42. The summed E-state index contributed by atoms with van der Waals surface area (Å²) in [5.74, 6) is -0.787. The molecule has 0 bridgehead atoms. The van der Waals surface area contributed by atoms with E-state index < -0.39 is 4.92 Å². The highest BCUT2D eigenvalue weighted by Crippen LogP contribution is 2.26. The molecule has 3 rings (SSSR count). The Morgan fingerprint density at radius 1 is 1.30 bits per heavy atom. The van der Waals surface area contributed by atoms with Crippen LogP contribution in [0.4, 0.5) is 10.2 Å². The summed E-state index contributed by atoms with van der Waals surface area (Å²) in [5.41, 5.74) is 0.850. The molecule has 1 aromatic carbocycles. The van der Waals surface area contributed by atoms with E-state index in [1.54, 1.807) is 17.0 Å². The van der Waals surface area contributed by atoms with Gasteiger partial charge in [-0.2, -0.15) is 4.68 Å². The van der Waals surface area contributed by atoms with Gasteiger partial charge in [-0.05, 0) is 51.4 Å². The number of amides is 1. The number of carbonyl (C=O) groups excluding carboxylic acids is 1. The molecule has 9 heteroatoms. The minimum atomic E-state index is -0.595. The summed E-state index contributed by atoms with van der Waals surface area (Å²) in [4.78, 5) is 25.1. The van der Waals surface area contributed by atoms with Crippen molar-refractivity contribution in [3.63, 3.8) is 0 Å². The fraction of sp³-hybridized carbons (Fsp3) is 0.444. The molecule has 144 valence electrons. The van der Waals surface area contributed by atoms with E-state index in [9.17, 15) is 19.3 Å². The molecule has 1 aromatic heterocycles. The van der Waals surface area contributed by atoms with Crippen molar-refractivity contribution in [2.75, 3.05) is 0 Å². The first-order valence-electron chi connectivity index (χ1n) is 8.85. The zero-order chi connectivity index (χ0) is 19.4. The molecule has 0 radical (unpaired) electrons. The minimum Gasteiger partial charge on any atom is -0.358 e. The highest BCUT2D eigenvalue weighted by atomic mass is 79.9. The predicted octanol–water partition coefficient (Wildman–Crippen LogP) is 4.05. The number of hydrogen-bond acceptors (Lipinski definition) is 4. The molecule has 0 saturated heterocycles. The zero-order valence-electron chi connectivity index (χ0n) is 14.7. The van der Waals surface area contributed by atoms with Gasteiger partial charge in [0.05, 0.1) is 11.3 Å². The third kappa shape index (κ3) is 4.91. The lowest BCUT2D eigenvalue weighted by molar-refractivity contribution is -0.390. The second-order valence-electron chi connectivity index (χ2n) is 6.70. The first-order chi connectivity index (χ1) is 12.9. The Kier molecular flexibility index (Phi) is 6.20. The summed E-state index contributed by atoms with van der Waals surface area (Å²) < 4.78 is 14.7. The lowest BCUT2D eigenvalue weighted by atomic mass is 9.93. The van der Waals surface area contributed by atoms with Gasteiger partial charge in [0.2, 0.25) is 5.91 Å². The van der Waals surface area contributed by atoms with Gasteiger partial charge in [-0.15, -0.1) is 0 Å². The number of rotatable bonds is 6. The molecule has 1 aliphatic rings.